The van der Waals surface area contributed by atoms with E-state index in [1.165, 1.54) is 12.8 Å². The molecule has 32 heavy (non-hydrogen) atoms. The molecule has 1 fully saturated rings. The number of aromatic amines is 1. The second-order valence-electron chi connectivity index (χ2n) is 8.00. The van der Waals surface area contributed by atoms with Gasteiger partial charge in [0.25, 0.3) is 5.56 Å². The van der Waals surface area contributed by atoms with E-state index in [-0.39, 0.29) is 5.56 Å². The van der Waals surface area contributed by atoms with Crippen molar-refractivity contribution in [3.05, 3.63) is 64.4 Å². The number of aromatic nitrogens is 1. The molecule has 0 saturated heterocycles. The van der Waals surface area contributed by atoms with Gasteiger partial charge in [0.15, 0.2) is 5.11 Å². The summed E-state index contributed by atoms with van der Waals surface area (Å²) in [5.41, 5.74) is 2.20. The molecule has 0 aliphatic heterocycles. The highest BCUT2D eigenvalue weighted by Crippen LogP contribution is 2.28. The number of benzene rings is 2. The number of ether oxygens (including phenoxy) is 2. The Morgan fingerprint density at radius 3 is 2.72 bits per heavy atom. The molecule has 0 unspecified atom stereocenters. The first-order valence-corrected chi connectivity index (χ1v) is 11.5. The lowest BCUT2D eigenvalue weighted by Gasteiger charge is -2.32. The molecule has 4 rings (SSSR count). The lowest BCUT2D eigenvalue weighted by Crippen LogP contribution is -2.42. The maximum Gasteiger partial charge on any atom is 0.253 e. The largest absolute Gasteiger partial charge is 0.495 e. The first kappa shape index (κ1) is 22.1. The second-order valence-corrected chi connectivity index (χ2v) is 8.39. The molecule has 6 nitrogen and oxygen atoms in total. The Hall–Kier alpha value is -3.06. The summed E-state index contributed by atoms with van der Waals surface area (Å²) in [6.07, 6.45) is 4.47. The Kier molecular flexibility index (Phi) is 6.95. The second kappa shape index (κ2) is 10.0. The predicted molar refractivity (Wildman–Crippen MR) is 133 cm³/mol. The predicted octanol–water partition coefficient (Wildman–Crippen LogP) is 5.08. The average Bonchev–Trinajstić information content (AvgIpc) is 3.33. The van der Waals surface area contributed by atoms with Crippen LogP contribution in [0.15, 0.2) is 53.3 Å². The molecule has 0 bridgehead atoms. The van der Waals surface area contributed by atoms with E-state index in [2.05, 4.69) is 15.2 Å². The maximum absolute atomic E-state index is 12.9. The van der Waals surface area contributed by atoms with E-state index in [4.69, 9.17) is 21.7 Å². The van der Waals surface area contributed by atoms with Gasteiger partial charge in [-0.3, -0.25) is 4.79 Å². The number of methoxy groups -OCH3 is 1. The van der Waals surface area contributed by atoms with Crippen molar-refractivity contribution in [3.8, 4) is 11.5 Å². The van der Waals surface area contributed by atoms with Crippen LogP contribution in [-0.2, 0) is 6.54 Å². The van der Waals surface area contributed by atoms with E-state index in [0.29, 0.717) is 29.9 Å². The molecule has 168 valence electrons. The lowest BCUT2D eigenvalue weighted by molar-refractivity contribution is 0.311. The first-order chi connectivity index (χ1) is 15.6. The van der Waals surface area contributed by atoms with E-state index in [1.54, 1.807) is 7.11 Å². The fraction of sp³-hybridized carbons (Fsp3) is 0.360. The maximum atomic E-state index is 12.9. The van der Waals surface area contributed by atoms with Crippen molar-refractivity contribution < 1.29 is 9.47 Å². The number of thiocarbonyl (C=S) groups is 1. The summed E-state index contributed by atoms with van der Waals surface area (Å²) in [7, 11) is 1.64. The number of hydrogen-bond acceptors (Lipinski definition) is 4. The SMILES string of the molecule is CCOc1ccc2[nH]c(=O)c(CN(C(=S)Nc3ccccc3OC)C3CCCC3)cc2c1. The van der Waals surface area contributed by atoms with Crippen molar-refractivity contribution in [1.82, 2.24) is 9.88 Å². The van der Waals surface area contributed by atoms with Crippen molar-refractivity contribution in [2.24, 2.45) is 0 Å². The number of rotatable bonds is 7. The van der Waals surface area contributed by atoms with E-state index >= 15 is 0 Å². The van der Waals surface area contributed by atoms with E-state index < -0.39 is 0 Å². The summed E-state index contributed by atoms with van der Waals surface area (Å²) in [6.45, 7) is 2.99. The van der Waals surface area contributed by atoms with Crippen LogP contribution in [-0.4, -0.2) is 34.8 Å². The Labute approximate surface area is 193 Å². The van der Waals surface area contributed by atoms with Crippen LogP contribution >= 0.6 is 12.2 Å². The molecule has 0 radical (unpaired) electrons. The summed E-state index contributed by atoms with van der Waals surface area (Å²) in [5, 5.41) is 4.89. The van der Waals surface area contributed by atoms with Gasteiger partial charge in [0, 0.05) is 22.5 Å². The third-order valence-electron chi connectivity index (χ3n) is 5.92. The number of para-hydroxylation sites is 2. The van der Waals surface area contributed by atoms with Gasteiger partial charge in [-0.25, -0.2) is 0 Å². The molecular weight excluding hydrogens is 422 g/mol. The Bertz CT molecular complexity index is 1150. The third kappa shape index (κ3) is 4.88. The van der Waals surface area contributed by atoms with Gasteiger partial charge in [-0.15, -0.1) is 0 Å². The molecule has 1 saturated carbocycles. The molecule has 1 aromatic heterocycles. The molecule has 1 heterocycles. The Balaban J connectivity index is 1.64. The minimum Gasteiger partial charge on any atom is -0.495 e. The third-order valence-corrected chi connectivity index (χ3v) is 6.26. The van der Waals surface area contributed by atoms with Gasteiger partial charge in [0.2, 0.25) is 0 Å². The molecule has 7 heteroatoms. The van der Waals surface area contributed by atoms with Gasteiger partial charge in [-0.1, -0.05) is 25.0 Å². The first-order valence-electron chi connectivity index (χ1n) is 11.1. The summed E-state index contributed by atoms with van der Waals surface area (Å²) >= 11 is 5.82. The number of hydrogen-bond donors (Lipinski definition) is 2. The normalized spacial score (nSPS) is 13.8. The van der Waals surface area contributed by atoms with Crippen LogP contribution in [0, 0.1) is 0 Å². The van der Waals surface area contributed by atoms with Crippen molar-refractivity contribution in [2.75, 3.05) is 19.0 Å². The van der Waals surface area contributed by atoms with Crippen LogP contribution in [0.2, 0.25) is 0 Å². The average molecular weight is 452 g/mol. The molecule has 3 aromatic rings. The number of anilines is 1. The molecular formula is C25H29N3O3S. The van der Waals surface area contributed by atoms with Gasteiger partial charge in [0.1, 0.15) is 11.5 Å². The van der Waals surface area contributed by atoms with Crippen LogP contribution in [0.1, 0.15) is 38.2 Å². The quantitative estimate of drug-likeness (QED) is 0.489. The number of pyridine rings is 1. The molecule has 1 aliphatic rings. The minimum absolute atomic E-state index is 0.0928. The topological polar surface area (TPSA) is 66.6 Å². The van der Waals surface area contributed by atoms with Crippen molar-refractivity contribution in [3.63, 3.8) is 0 Å². The monoisotopic (exact) mass is 451 g/mol. The number of nitrogens with one attached hydrogen (secondary N) is 2. The van der Waals surface area contributed by atoms with Crippen LogP contribution in [0.25, 0.3) is 10.9 Å². The van der Waals surface area contributed by atoms with E-state index in [0.717, 1.165) is 40.9 Å². The highest BCUT2D eigenvalue weighted by Gasteiger charge is 2.26. The summed E-state index contributed by atoms with van der Waals surface area (Å²) in [5.74, 6) is 1.52. The molecule has 0 atom stereocenters. The molecule has 1 aliphatic carbocycles. The molecule has 0 spiro atoms. The zero-order chi connectivity index (χ0) is 22.5. The lowest BCUT2D eigenvalue weighted by atomic mass is 10.1. The molecule has 2 N–H and O–H groups in total. The van der Waals surface area contributed by atoms with Crippen molar-refractivity contribution in [1.29, 1.82) is 0 Å². The Morgan fingerprint density at radius 1 is 1.19 bits per heavy atom. The summed E-state index contributed by atoms with van der Waals surface area (Å²) in [4.78, 5) is 18.0. The van der Waals surface area contributed by atoms with Gasteiger partial charge in [-0.05, 0) is 68.4 Å². The van der Waals surface area contributed by atoms with Gasteiger partial charge < -0.3 is 24.7 Å². The smallest absolute Gasteiger partial charge is 0.253 e. The molecule has 2 aromatic carbocycles. The van der Waals surface area contributed by atoms with Crippen LogP contribution < -0.4 is 20.3 Å². The Morgan fingerprint density at radius 2 is 1.97 bits per heavy atom. The van der Waals surface area contributed by atoms with Gasteiger partial charge >= 0.3 is 0 Å². The van der Waals surface area contributed by atoms with E-state index in [1.807, 2.05) is 55.5 Å². The minimum atomic E-state index is -0.0928. The van der Waals surface area contributed by atoms with Crippen molar-refractivity contribution in [2.45, 2.75) is 45.2 Å². The zero-order valence-electron chi connectivity index (χ0n) is 18.5. The van der Waals surface area contributed by atoms with Crippen molar-refractivity contribution >= 4 is 33.9 Å². The molecule has 0 amide bonds. The van der Waals surface area contributed by atoms with Crippen LogP contribution in [0.3, 0.4) is 0 Å². The summed E-state index contributed by atoms with van der Waals surface area (Å²) < 4.78 is 11.1. The van der Waals surface area contributed by atoms with Gasteiger partial charge in [0.05, 0.1) is 25.9 Å². The highest BCUT2D eigenvalue weighted by molar-refractivity contribution is 7.80. The van der Waals surface area contributed by atoms with Gasteiger partial charge in [-0.2, -0.15) is 0 Å². The van der Waals surface area contributed by atoms with Crippen LogP contribution in [0.5, 0.6) is 11.5 Å². The number of nitrogens with zero attached hydrogens (tertiary/aromatic N) is 1. The fourth-order valence-corrected chi connectivity index (χ4v) is 4.63. The number of fused-ring (bicyclic) bond motifs is 1. The summed E-state index contributed by atoms with van der Waals surface area (Å²) in [6, 6.07) is 15.7. The van der Waals surface area contributed by atoms with Crippen LogP contribution in [0.4, 0.5) is 5.69 Å². The zero-order valence-corrected chi connectivity index (χ0v) is 19.3. The number of H-pyrrole nitrogens is 1. The highest BCUT2D eigenvalue weighted by atomic mass is 32.1. The fourth-order valence-electron chi connectivity index (χ4n) is 4.30. The van der Waals surface area contributed by atoms with E-state index in [9.17, 15) is 4.79 Å². The standard InChI is InChI=1S/C25H29N3O3S/c1-3-31-20-12-13-21-17(15-20)14-18(24(29)26-21)16-28(19-8-4-5-9-19)25(32)27-22-10-6-7-11-23(22)30-2/h6-7,10-15,19H,3-5,8-9,16H2,1-2H3,(H,26,29)(H,27,32).